The van der Waals surface area contributed by atoms with Gasteiger partial charge in [0.15, 0.2) is 5.82 Å². The van der Waals surface area contributed by atoms with E-state index in [0.29, 0.717) is 5.69 Å². The normalized spacial score (nSPS) is 11.3. The highest BCUT2D eigenvalue weighted by Crippen LogP contribution is 2.32. The zero-order valence-electron chi connectivity index (χ0n) is 12.2. The first-order valence-electron chi connectivity index (χ1n) is 6.90. The van der Waals surface area contributed by atoms with Gasteiger partial charge in [-0.25, -0.2) is 0 Å². The predicted octanol–water partition coefficient (Wildman–Crippen LogP) is 3.54. The van der Waals surface area contributed by atoms with Crippen molar-refractivity contribution in [2.45, 2.75) is 6.18 Å². The third-order valence-corrected chi connectivity index (χ3v) is 3.20. The maximum absolute atomic E-state index is 13.0. The Bertz CT molecular complexity index is 859. The molecule has 1 N–H and O–H groups in total. The summed E-state index contributed by atoms with van der Waals surface area (Å²) in [5.74, 6) is -0.844. The Morgan fingerprint density at radius 3 is 2.38 bits per heavy atom. The van der Waals surface area contributed by atoms with Crippen LogP contribution in [0.15, 0.2) is 60.8 Å². The van der Waals surface area contributed by atoms with Crippen molar-refractivity contribution in [1.29, 1.82) is 0 Å². The molecule has 24 heavy (non-hydrogen) atoms. The fourth-order valence-electron chi connectivity index (χ4n) is 2.12. The van der Waals surface area contributed by atoms with Crippen LogP contribution in [0.1, 0.15) is 15.9 Å². The number of aromatic nitrogens is 3. The van der Waals surface area contributed by atoms with Crippen LogP contribution in [0.4, 0.5) is 19.0 Å². The molecule has 8 heteroatoms. The van der Waals surface area contributed by atoms with Gasteiger partial charge in [-0.15, -0.1) is 9.90 Å². The molecule has 0 saturated carbocycles. The number of halogens is 3. The molecule has 0 unspecified atom stereocenters. The minimum absolute atomic E-state index is 0.0563. The number of para-hydroxylation sites is 1. The van der Waals surface area contributed by atoms with Crippen molar-refractivity contribution in [3.8, 4) is 5.69 Å². The lowest BCUT2D eigenvalue weighted by Gasteiger charge is -2.11. The number of alkyl halides is 3. The zero-order chi connectivity index (χ0) is 17.2. The Balaban J connectivity index is 1.83. The van der Waals surface area contributed by atoms with Crippen LogP contribution < -0.4 is 5.32 Å². The third-order valence-electron chi connectivity index (χ3n) is 3.20. The van der Waals surface area contributed by atoms with Crippen molar-refractivity contribution in [3.05, 3.63) is 71.9 Å². The molecule has 0 aliphatic rings. The number of carbonyl (C=O) groups excluding carboxylic acids is 1. The summed E-state index contributed by atoms with van der Waals surface area (Å²) in [6.07, 6.45) is -3.35. The molecule has 122 valence electrons. The highest BCUT2D eigenvalue weighted by atomic mass is 19.4. The van der Waals surface area contributed by atoms with E-state index in [0.717, 1.165) is 12.1 Å². The van der Waals surface area contributed by atoms with Gasteiger partial charge in [-0.3, -0.25) is 4.79 Å². The lowest BCUT2D eigenvalue weighted by Crippen LogP contribution is -2.19. The maximum Gasteiger partial charge on any atom is 0.417 e. The van der Waals surface area contributed by atoms with E-state index in [1.807, 2.05) is 6.07 Å². The zero-order valence-corrected chi connectivity index (χ0v) is 12.2. The number of hydrogen-bond acceptors (Lipinski definition) is 3. The second-order valence-corrected chi connectivity index (χ2v) is 4.85. The van der Waals surface area contributed by atoms with Crippen molar-refractivity contribution >= 4 is 11.7 Å². The summed E-state index contributed by atoms with van der Waals surface area (Å²) in [5, 5.41) is 10.3. The Hall–Kier alpha value is -3.16. The molecule has 3 rings (SSSR count). The molecule has 0 fully saturated rings. The first-order valence-corrected chi connectivity index (χ1v) is 6.90. The lowest BCUT2D eigenvalue weighted by atomic mass is 10.1. The number of nitrogens with zero attached hydrogens (tertiary/aromatic N) is 3. The Labute approximate surface area is 134 Å². The van der Waals surface area contributed by atoms with E-state index in [1.54, 1.807) is 24.3 Å². The molecule has 1 heterocycles. The fourth-order valence-corrected chi connectivity index (χ4v) is 2.12. The SMILES string of the molecule is O=C(Nc1cnn(-c2ccccc2)n1)c1ccccc1C(F)(F)F. The summed E-state index contributed by atoms with van der Waals surface area (Å²) in [4.78, 5) is 13.4. The number of rotatable bonds is 3. The van der Waals surface area contributed by atoms with Crippen LogP contribution in [0.3, 0.4) is 0 Å². The second kappa shape index (κ2) is 6.15. The van der Waals surface area contributed by atoms with E-state index in [1.165, 1.54) is 23.1 Å². The molecule has 5 nitrogen and oxygen atoms in total. The standard InChI is InChI=1S/C16H11F3N4O/c17-16(18,19)13-9-5-4-8-12(13)15(24)21-14-10-20-23(22-14)11-6-2-1-3-7-11/h1-10H,(H,21,22,24). The van der Waals surface area contributed by atoms with E-state index in [-0.39, 0.29) is 5.82 Å². The van der Waals surface area contributed by atoms with Crippen molar-refractivity contribution in [1.82, 2.24) is 15.0 Å². The molecule has 0 saturated heterocycles. The third kappa shape index (κ3) is 3.27. The van der Waals surface area contributed by atoms with Gasteiger partial charge in [0.25, 0.3) is 5.91 Å². The van der Waals surface area contributed by atoms with Crippen LogP contribution in [-0.2, 0) is 6.18 Å². The van der Waals surface area contributed by atoms with Crippen LogP contribution in [0.25, 0.3) is 5.69 Å². The topological polar surface area (TPSA) is 59.8 Å². The molecule has 0 radical (unpaired) electrons. The average molecular weight is 332 g/mol. The predicted molar refractivity (Wildman–Crippen MR) is 80.8 cm³/mol. The van der Waals surface area contributed by atoms with Crippen molar-refractivity contribution < 1.29 is 18.0 Å². The summed E-state index contributed by atoms with van der Waals surface area (Å²) < 4.78 is 38.9. The Morgan fingerprint density at radius 1 is 1.00 bits per heavy atom. The number of hydrogen-bond donors (Lipinski definition) is 1. The Kier molecular flexibility index (Phi) is 4.03. The van der Waals surface area contributed by atoms with Crippen LogP contribution in [0.5, 0.6) is 0 Å². The molecule has 1 aromatic heterocycles. The molecule has 0 bridgehead atoms. The summed E-state index contributed by atoms with van der Waals surface area (Å²) in [7, 11) is 0. The number of amides is 1. The highest BCUT2D eigenvalue weighted by molar-refractivity contribution is 6.04. The molecule has 3 aromatic rings. The second-order valence-electron chi connectivity index (χ2n) is 4.85. The largest absolute Gasteiger partial charge is 0.417 e. The highest BCUT2D eigenvalue weighted by Gasteiger charge is 2.34. The summed E-state index contributed by atoms with van der Waals surface area (Å²) in [5.41, 5.74) is -0.814. The van der Waals surface area contributed by atoms with E-state index >= 15 is 0 Å². The molecule has 0 aliphatic carbocycles. The van der Waals surface area contributed by atoms with Crippen LogP contribution in [0, 0.1) is 0 Å². The molecule has 0 aliphatic heterocycles. The van der Waals surface area contributed by atoms with Gasteiger partial charge in [0.1, 0.15) is 0 Å². The van der Waals surface area contributed by atoms with E-state index in [4.69, 9.17) is 0 Å². The number of benzene rings is 2. The quantitative estimate of drug-likeness (QED) is 0.798. The van der Waals surface area contributed by atoms with Gasteiger partial charge in [0.2, 0.25) is 0 Å². The summed E-state index contributed by atoms with van der Waals surface area (Å²) >= 11 is 0. The van der Waals surface area contributed by atoms with Crippen molar-refractivity contribution in [2.75, 3.05) is 5.32 Å². The Morgan fingerprint density at radius 2 is 1.67 bits per heavy atom. The number of nitrogens with one attached hydrogen (secondary N) is 1. The van der Waals surface area contributed by atoms with E-state index < -0.39 is 23.2 Å². The minimum Gasteiger partial charge on any atom is -0.304 e. The first kappa shape index (κ1) is 15.7. The smallest absolute Gasteiger partial charge is 0.304 e. The molecule has 2 aromatic carbocycles. The summed E-state index contributed by atoms with van der Waals surface area (Å²) in [6.45, 7) is 0. The fraction of sp³-hybridized carbons (Fsp3) is 0.0625. The van der Waals surface area contributed by atoms with E-state index in [2.05, 4.69) is 15.5 Å². The van der Waals surface area contributed by atoms with E-state index in [9.17, 15) is 18.0 Å². The van der Waals surface area contributed by atoms with Gasteiger partial charge in [-0.05, 0) is 24.3 Å². The van der Waals surface area contributed by atoms with Crippen molar-refractivity contribution in [3.63, 3.8) is 0 Å². The number of anilines is 1. The monoisotopic (exact) mass is 332 g/mol. The van der Waals surface area contributed by atoms with Gasteiger partial charge in [0.05, 0.1) is 23.0 Å². The molecular formula is C16H11F3N4O. The van der Waals surface area contributed by atoms with Gasteiger partial charge in [-0.1, -0.05) is 30.3 Å². The van der Waals surface area contributed by atoms with Gasteiger partial charge < -0.3 is 5.32 Å². The van der Waals surface area contributed by atoms with Crippen molar-refractivity contribution in [2.24, 2.45) is 0 Å². The van der Waals surface area contributed by atoms with Crippen LogP contribution in [0.2, 0.25) is 0 Å². The first-order chi connectivity index (χ1) is 11.4. The molecule has 0 atom stereocenters. The minimum atomic E-state index is -4.62. The van der Waals surface area contributed by atoms with Gasteiger partial charge >= 0.3 is 6.18 Å². The lowest BCUT2D eigenvalue weighted by molar-refractivity contribution is -0.137. The number of carbonyl (C=O) groups is 1. The maximum atomic E-state index is 13.0. The van der Waals surface area contributed by atoms with Gasteiger partial charge in [-0.2, -0.15) is 18.3 Å². The molecule has 1 amide bonds. The molecule has 0 spiro atoms. The molecular weight excluding hydrogens is 321 g/mol. The average Bonchev–Trinajstić information content (AvgIpc) is 3.03. The van der Waals surface area contributed by atoms with Gasteiger partial charge in [0, 0.05) is 0 Å². The van der Waals surface area contributed by atoms with Crippen LogP contribution >= 0.6 is 0 Å². The van der Waals surface area contributed by atoms with Crippen LogP contribution in [-0.4, -0.2) is 20.9 Å². The summed E-state index contributed by atoms with van der Waals surface area (Å²) in [6, 6.07) is 13.5.